The lowest BCUT2D eigenvalue weighted by Gasteiger charge is -2.01. The molecule has 18 heavy (non-hydrogen) atoms. The van der Waals surface area contributed by atoms with Gasteiger partial charge in [0.25, 0.3) is 0 Å². The van der Waals surface area contributed by atoms with Gasteiger partial charge in [0.1, 0.15) is 0 Å². The molecule has 0 saturated carbocycles. The summed E-state index contributed by atoms with van der Waals surface area (Å²) >= 11 is 0. The van der Waals surface area contributed by atoms with Gasteiger partial charge in [-0.3, -0.25) is 0 Å². The predicted octanol–water partition coefficient (Wildman–Crippen LogP) is -1.74. The van der Waals surface area contributed by atoms with Crippen LogP contribution in [0.3, 0.4) is 0 Å². The van der Waals surface area contributed by atoms with E-state index in [2.05, 4.69) is 0 Å². The monoisotopic (exact) mass is 312 g/mol. The molecule has 0 radical (unpaired) electrons. The highest BCUT2D eigenvalue weighted by molar-refractivity contribution is 7.31. The first kappa shape index (κ1) is 23.0. The van der Waals surface area contributed by atoms with E-state index in [0.717, 1.165) is 0 Å². The van der Waals surface area contributed by atoms with Gasteiger partial charge in [0, 0.05) is 9.13 Å². The summed E-state index contributed by atoms with van der Waals surface area (Å²) in [5.41, 5.74) is 0. The molecule has 0 aromatic heterocycles. The van der Waals surface area contributed by atoms with Crippen LogP contribution in [0, 0.1) is 0 Å². The fourth-order valence-electron chi connectivity index (χ4n) is 0.451. The SMILES string of the molecule is O=[P+](O)O.O=[P+](O)O.OCCOCCOCCO. The first-order chi connectivity index (χ1) is 8.38. The van der Waals surface area contributed by atoms with Crippen LogP contribution in [0.15, 0.2) is 0 Å². The van der Waals surface area contributed by atoms with Gasteiger partial charge in [0.15, 0.2) is 0 Å². The quantitative estimate of drug-likeness (QED) is 0.234. The van der Waals surface area contributed by atoms with E-state index in [4.69, 9.17) is 48.4 Å². The van der Waals surface area contributed by atoms with Crippen molar-refractivity contribution in [3.63, 3.8) is 0 Å². The van der Waals surface area contributed by atoms with Gasteiger partial charge in [0.05, 0.1) is 39.6 Å². The zero-order valence-electron chi connectivity index (χ0n) is 9.45. The fourth-order valence-corrected chi connectivity index (χ4v) is 0.451. The van der Waals surface area contributed by atoms with Crippen LogP contribution in [0.25, 0.3) is 0 Å². The summed E-state index contributed by atoms with van der Waals surface area (Å²) < 4.78 is 27.2. The zero-order valence-corrected chi connectivity index (χ0v) is 11.2. The Hall–Kier alpha value is -0.120. The van der Waals surface area contributed by atoms with Gasteiger partial charge in [-0.1, -0.05) is 0 Å². The van der Waals surface area contributed by atoms with Gasteiger partial charge < -0.3 is 19.7 Å². The van der Waals surface area contributed by atoms with Crippen molar-refractivity contribution < 1.29 is 48.4 Å². The van der Waals surface area contributed by atoms with Gasteiger partial charge in [-0.15, -0.1) is 19.6 Å². The lowest BCUT2D eigenvalue weighted by atomic mass is 10.7. The van der Waals surface area contributed by atoms with Crippen LogP contribution < -0.4 is 0 Å². The molecule has 0 saturated heterocycles. The number of hydrogen-bond donors (Lipinski definition) is 6. The molecule has 0 atom stereocenters. The van der Waals surface area contributed by atoms with Crippen molar-refractivity contribution in [2.75, 3.05) is 39.6 Å². The summed E-state index contributed by atoms with van der Waals surface area (Å²) in [5.74, 6) is 0. The maximum atomic E-state index is 8.70. The molecule has 12 heteroatoms. The van der Waals surface area contributed by atoms with E-state index in [1.807, 2.05) is 0 Å². The fraction of sp³-hybridized carbons (Fsp3) is 1.00. The summed E-state index contributed by atoms with van der Waals surface area (Å²) in [7, 11) is -5.74. The second kappa shape index (κ2) is 22.1. The smallest absolute Gasteiger partial charge is 0.394 e. The lowest BCUT2D eigenvalue weighted by Crippen LogP contribution is -2.09. The third-order valence-corrected chi connectivity index (χ3v) is 0.843. The summed E-state index contributed by atoms with van der Waals surface area (Å²) in [6.45, 7) is 1.73. The summed E-state index contributed by atoms with van der Waals surface area (Å²) in [5, 5.41) is 16.5. The number of rotatable bonds is 7. The normalized spacial score (nSPS) is 8.56. The van der Waals surface area contributed by atoms with Crippen LogP contribution in [0.1, 0.15) is 0 Å². The van der Waals surface area contributed by atoms with E-state index in [9.17, 15) is 0 Å². The minimum absolute atomic E-state index is 0.0417. The van der Waals surface area contributed by atoms with E-state index in [1.165, 1.54) is 0 Å². The summed E-state index contributed by atoms with van der Waals surface area (Å²) in [6.07, 6.45) is 0. The predicted molar refractivity (Wildman–Crippen MR) is 59.9 cm³/mol. The highest BCUT2D eigenvalue weighted by Crippen LogP contribution is 1.98. The largest absolute Gasteiger partial charge is 0.692 e. The molecule has 0 aliphatic carbocycles. The maximum Gasteiger partial charge on any atom is 0.692 e. The standard InChI is InChI=1S/C6H14O4.2HO3P/c7-1-3-9-5-6-10-4-2-8;2*1-4(2)3/h7-8H,1-6H2;2*(H-,1,2,3)/p+2. The third-order valence-electron chi connectivity index (χ3n) is 0.843. The maximum absolute atomic E-state index is 8.70. The highest BCUT2D eigenvalue weighted by Gasteiger charge is 1.93. The van der Waals surface area contributed by atoms with Gasteiger partial charge in [-0.2, -0.15) is 0 Å². The Morgan fingerprint density at radius 2 is 0.889 bits per heavy atom. The van der Waals surface area contributed by atoms with Crippen molar-refractivity contribution in [2.24, 2.45) is 0 Å². The highest BCUT2D eigenvalue weighted by atomic mass is 31.1. The van der Waals surface area contributed by atoms with Crippen LogP contribution in [-0.2, 0) is 18.6 Å². The Labute approximate surface area is 105 Å². The van der Waals surface area contributed by atoms with E-state index in [0.29, 0.717) is 26.4 Å². The molecule has 0 unspecified atom stereocenters. The Balaban J connectivity index is -0.000000233. The van der Waals surface area contributed by atoms with Crippen molar-refractivity contribution in [1.29, 1.82) is 0 Å². The minimum atomic E-state index is -2.87. The molecule has 0 aliphatic rings. The molecule has 0 bridgehead atoms. The van der Waals surface area contributed by atoms with Crippen LogP contribution in [0.5, 0.6) is 0 Å². The second-order valence-electron chi connectivity index (χ2n) is 2.18. The Morgan fingerprint density at radius 1 is 0.667 bits per heavy atom. The van der Waals surface area contributed by atoms with Crippen LogP contribution in [0.2, 0.25) is 0 Å². The molecule has 10 nitrogen and oxygen atoms in total. The second-order valence-corrected chi connectivity index (χ2v) is 3.19. The molecule has 6 N–H and O–H groups in total. The lowest BCUT2D eigenvalue weighted by molar-refractivity contribution is 0.0222. The molecule has 0 aromatic carbocycles. The molecule has 0 rings (SSSR count). The molecule has 110 valence electrons. The Morgan fingerprint density at radius 3 is 1.06 bits per heavy atom. The van der Waals surface area contributed by atoms with Crippen molar-refractivity contribution in [2.45, 2.75) is 0 Å². The average Bonchev–Trinajstić information content (AvgIpc) is 2.22. The first-order valence-electron chi connectivity index (χ1n) is 4.45. The van der Waals surface area contributed by atoms with Gasteiger partial charge >= 0.3 is 16.5 Å². The number of hydrogen-bond acceptors (Lipinski definition) is 6. The van der Waals surface area contributed by atoms with Crippen molar-refractivity contribution >= 4 is 16.5 Å². The summed E-state index contributed by atoms with van der Waals surface area (Å²) in [6, 6.07) is 0. The topological polar surface area (TPSA) is 174 Å². The molecule has 0 heterocycles. The van der Waals surface area contributed by atoms with E-state index in [-0.39, 0.29) is 13.2 Å². The van der Waals surface area contributed by atoms with Gasteiger partial charge in [0.2, 0.25) is 0 Å². The third kappa shape index (κ3) is 74.3. The molecule has 0 aliphatic heterocycles. The Kier molecular flexibility index (Phi) is 28.2. The zero-order chi connectivity index (χ0) is 14.8. The van der Waals surface area contributed by atoms with E-state index < -0.39 is 16.5 Å². The van der Waals surface area contributed by atoms with Crippen LogP contribution >= 0.6 is 16.5 Å². The number of aliphatic hydroxyl groups is 2. The molecule has 0 fully saturated rings. The van der Waals surface area contributed by atoms with Crippen molar-refractivity contribution in [3.05, 3.63) is 0 Å². The van der Waals surface area contributed by atoms with Gasteiger partial charge in [-0.25, -0.2) is 0 Å². The molecular weight excluding hydrogens is 294 g/mol. The number of ether oxygens (including phenoxy) is 2. The molecule has 0 aromatic rings. The first-order valence-corrected chi connectivity index (χ1v) is 6.78. The van der Waals surface area contributed by atoms with Gasteiger partial charge in [-0.05, 0) is 0 Å². The Bertz CT molecular complexity index is 161. The van der Waals surface area contributed by atoms with Crippen LogP contribution in [0.4, 0.5) is 0 Å². The molecule has 0 amide bonds. The number of aliphatic hydroxyl groups excluding tert-OH is 2. The van der Waals surface area contributed by atoms with Crippen molar-refractivity contribution in [1.82, 2.24) is 0 Å². The van der Waals surface area contributed by atoms with E-state index in [1.54, 1.807) is 0 Å². The van der Waals surface area contributed by atoms with E-state index >= 15 is 0 Å². The summed E-state index contributed by atoms with van der Waals surface area (Å²) in [4.78, 5) is 28.5. The van der Waals surface area contributed by atoms with Crippen molar-refractivity contribution in [3.8, 4) is 0 Å². The molecule has 0 spiro atoms. The van der Waals surface area contributed by atoms with Crippen LogP contribution in [-0.4, -0.2) is 69.4 Å². The molecular formula is C6H18O10P2+2. The average molecular weight is 312 g/mol. The minimum Gasteiger partial charge on any atom is -0.394 e.